The van der Waals surface area contributed by atoms with Crippen LogP contribution in [0.4, 0.5) is 32.0 Å². The Morgan fingerprint density at radius 3 is 2.05 bits per heavy atom. The Balaban J connectivity index is 1.64. The van der Waals surface area contributed by atoms with E-state index in [2.05, 4.69) is 0 Å². The Labute approximate surface area is 240 Å². The van der Waals surface area contributed by atoms with E-state index in [1.165, 1.54) is 6.08 Å². The quantitative estimate of drug-likeness (QED) is 0.0974. The molecule has 2 saturated heterocycles. The molecule has 2 aliphatic heterocycles. The number of benzene rings is 2. The summed E-state index contributed by atoms with van der Waals surface area (Å²) in [7, 11) is 0. The number of para-hydroxylation sites is 1. The van der Waals surface area contributed by atoms with Crippen LogP contribution in [-0.4, -0.2) is 48.8 Å². The SMILES string of the molecule is O=C1C2CC=C3C(CC4(Cl)C(=O)N(c5c(F)c(F)c(F)c(F)c5F)C(=O)C4(Cl)C3c3cccc(F)c3O)C2C(=O)N1O. The highest BCUT2D eigenvalue weighted by Gasteiger charge is 2.77. The lowest BCUT2D eigenvalue weighted by atomic mass is 9.56. The van der Waals surface area contributed by atoms with E-state index in [-0.39, 0.29) is 17.1 Å². The summed E-state index contributed by atoms with van der Waals surface area (Å²) in [6.45, 7) is 0. The van der Waals surface area contributed by atoms with Crippen LogP contribution in [0.5, 0.6) is 5.75 Å². The lowest BCUT2D eigenvalue weighted by molar-refractivity contribution is -0.173. The second kappa shape index (κ2) is 8.94. The maximum absolute atomic E-state index is 14.9. The molecule has 220 valence electrons. The predicted molar refractivity (Wildman–Crippen MR) is 128 cm³/mol. The first kappa shape index (κ1) is 28.5. The summed E-state index contributed by atoms with van der Waals surface area (Å²) >= 11 is 13.6. The first-order chi connectivity index (χ1) is 19.6. The normalized spacial score (nSPS) is 32.3. The second-order valence-electron chi connectivity index (χ2n) is 10.4. The zero-order chi connectivity index (χ0) is 30.8. The molecule has 0 spiro atoms. The summed E-state index contributed by atoms with van der Waals surface area (Å²) in [5.74, 6) is -26.3. The fourth-order valence-corrected chi connectivity index (χ4v) is 7.59. The number of anilines is 1. The van der Waals surface area contributed by atoms with Crippen LogP contribution in [-0.2, 0) is 19.2 Å². The van der Waals surface area contributed by atoms with Crippen LogP contribution in [0.25, 0.3) is 0 Å². The third kappa shape index (κ3) is 3.20. The van der Waals surface area contributed by atoms with E-state index < -0.39 is 120 Å². The van der Waals surface area contributed by atoms with E-state index in [1.807, 2.05) is 0 Å². The number of aromatic hydroxyl groups is 1. The number of nitrogens with zero attached hydrogens (tertiary/aromatic N) is 2. The molecule has 2 heterocycles. The number of hydrogen-bond acceptors (Lipinski definition) is 6. The number of phenolic OH excluding ortho intramolecular Hbond substituents is 1. The van der Waals surface area contributed by atoms with Gasteiger partial charge in [0.25, 0.3) is 23.6 Å². The molecule has 0 radical (unpaired) electrons. The van der Waals surface area contributed by atoms with Gasteiger partial charge in [0.2, 0.25) is 5.82 Å². The summed E-state index contributed by atoms with van der Waals surface area (Å²) in [6.07, 6.45) is 0.294. The van der Waals surface area contributed by atoms with Crippen molar-refractivity contribution in [3.63, 3.8) is 0 Å². The van der Waals surface area contributed by atoms with E-state index in [4.69, 9.17) is 23.2 Å². The first-order valence-electron chi connectivity index (χ1n) is 12.1. The van der Waals surface area contributed by atoms with Crippen molar-refractivity contribution < 1.29 is 55.8 Å². The number of phenols is 1. The standard InChI is InChI=1S/C26H14Cl2F6N2O6/c27-25-6-10-7(4-5-8-12(10)22(39)36(42)21(8)38)13(9-2-1-3-11(29)20(9)37)26(25,28)24(41)35(23(25)40)19-17(33)15(31)14(30)16(32)18(19)34/h1-4,8,10,12-13,37,42H,5-6H2. The topological polar surface area (TPSA) is 115 Å². The molecule has 3 fully saturated rings. The van der Waals surface area contributed by atoms with E-state index in [0.29, 0.717) is 0 Å². The molecule has 4 aliphatic rings. The third-order valence-corrected chi connectivity index (χ3v) is 9.94. The van der Waals surface area contributed by atoms with Gasteiger partial charge in [-0.15, -0.1) is 23.2 Å². The zero-order valence-electron chi connectivity index (χ0n) is 20.5. The van der Waals surface area contributed by atoms with Gasteiger partial charge in [0.05, 0.1) is 11.8 Å². The van der Waals surface area contributed by atoms with Gasteiger partial charge >= 0.3 is 0 Å². The third-order valence-electron chi connectivity index (χ3n) is 8.53. The van der Waals surface area contributed by atoms with Gasteiger partial charge in [-0.05, 0) is 24.8 Å². The minimum absolute atomic E-state index is 0.0136. The Morgan fingerprint density at radius 2 is 1.43 bits per heavy atom. The number of carbonyl (C=O) groups excluding carboxylic acids is 4. The number of halogens is 8. The molecular formula is C26H14Cl2F6N2O6. The number of carbonyl (C=O) groups is 4. The highest BCUT2D eigenvalue weighted by Crippen LogP contribution is 2.66. The molecule has 0 aromatic heterocycles. The van der Waals surface area contributed by atoms with E-state index >= 15 is 0 Å². The molecular weight excluding hydrogens is 621 g/mol. The first-order valence-corrected chi connectivity index (χ1v) is 12.9. The second-order valence-corrected chi connectivity index (χ2v) is 11.6. The average Bonchev–Trinajstić information content (AvgIpc) is 3.26. The van der Waals surface area contributed by atoms with Gasteiger partial charge in [-0.25, -0.2) is 31.2 Å². The number of hydrogen-bond donors (Lipinski definition) is 2. The van der Waals surface area contributed by atoms with Gasteiger partial charge < -0.3 is 5.11 Å². The number of alkyl halides is 2. The van der Waals surface area contributed by atoms with Crippen LogP contribution in [0, 0.1) is 52.7 Å². The van der Waals surface area contributed by atoms with Crippen LogP contribution in [0.15, 0.2) is 29.8 Å². The van der Waals surface area contributed by atoms with Gasteiger partial charge in [0.1, 0.15) is 5.69 Å². The summed E-state index contributed by atoms with van der Waals surface area (Å²) < 4.78 is 86.5. The van der Waals surface area contributed by atoms with Crippen molar-refractivity contribution in [1.82, 2.24) is 5.06 Å². The number of amides is 4. The smallest absolute Gasteiger partial charge is 0.258 e. The molecule has 6 rings (SSSR count). The van der Waals surface area contributed by atoms with Crippen molar-refractivity contribution in [2.45, 2.75) is 28.5 Å². The molecule has 8 nitrogen and oxygen atoms in total. The zero-order valence-corrected chi connectivity index (χ0v) is 22.0. The summed E-state index contributed by atoms with van der Waals surface area (Å²) in [6, 6.07) is 2.99. The van der Waals surface area contributed by atoms with Crippen molar-refractivity contribution >= 4 is 52.5 Å². The van der Waals surface area contributed by atoms with Crippen LogP contribution in [0.1, 0.15) is 24.3 Å². The monoisotopic (exact) mass is 634 g/mol. The molecule has 2 aliphatic carbocycles. The van der Waals surface area contributed by atoms with Crippen LogP contribution in [0.3, 0.4) is 0 Å². The lowest BCUT2D eigenvalue weighted by Gasteiger charge is -2.50. The molecule has 2 aromatic carbocycles. The average molecular weight is 635 g/mol. The van der Waals surface area contributed by atoms with Crippen molar-refractivity contribution in [2.24, 2.45) is 17.8 Å². The van der Waals surface area contributed by atoms with Crippen molar-refractivity contribution in [3.05, 3.63) is 70.3 Å². The van der Waals surface area contributed by atoms with Gasteiger partial charge in [-0.1, -0.05) is 23.8 Å². The highest BCUT2D eigenvalue weighted by molar-refractivity contribution is 6.58. The van der Waals surface area contributed by atoms with Gasteiger partial charge in [0.15, 0.2) is 44.6 Å². The molecule has 1 saturated carbocycles. The Morgan fingerprint density at radius 1 is 0.833 bits per heavy atom. The molecule has 6 unspecified atom stereocenters. The molecule has 2 N–H and O–H groups in total. The lowest BCUT2D eigenvalue weighted by Crippen LogP contribution is -2.60. The Kier molecular flexibility index (Phi) is 6.07. The summed E-state index contributed by atoms with van der Waals surface area (Å²) in [4.78, 5) is 47.2. The molecule has 42 heavy (non-hydrogen) atoms. The number of fused-ring (bicyclic) bond motifs is 4. The predicted octanol–water partition coefficient (Wildman–Crippen LogP) is 4.18. The van der Waals surface area contributed by atoms with Crippen molar-refractivity contribution in [1.29, 1.82) is 0 Å². The maximum atomic E-state index is 14.9. The maximum Gasteiger partial charge on any atom is 0.258 e. The van der Waals surface area contributed by atoms with Crippen molar-refractivity contribution in [2.75, 3.05) is 4.90 Å². The van der Waals surface area contributed by atoms with Gasteiger partial charge in [-0.3, -0.25) is 24.4 Å². The molecule has 0 bridgehead atoms. The minimum Gasteiger partial charge on any atom is -0.505 e. The highest BCUT2D eigenvalue weighted by atomic mass is 35.5. The van der Waals surface area contributed by atoms with E-state index in [9.17, 15) is 55.8 Å². The molecule has 2 aromatic rings. The number of rotatable bonds is 2. The fraction of sp³-hybridized carbons (Fsp3) is 0.308. The summed E-state index contributed by atoms with van der Waals surface area (Å²) in [5, 5.41) is 20.6. The fourth-order valence-electron chi connectivity index (χ4n) is 6.66. The van der Waals surface area contributed by atoms with Gasteiger partial charge in [-0.2, -0.15) is 5.06 Å². The van der Waals surface area contributed by atoms with Crippen LogP contribution in [0.2, 0.25) is 0 Å². The number of imide groups is 2. The summed E-state index contributed by atoms with van der Waals surface area (Å²) in [5.41, 5.74) is -2.45. The van der Waals surface area contributed by atoms with E-state index in [0.717, 1.165) is 18.2 Å². The largest absolute Gasteiger partial charge is 0.505 e. The Bertz CT molecular complexity index is 1680. The van der Waals surface area contributed by atoms with Crippen LogP contribution < -0.4 is 4.90 Å². The van der Waals surface area contributed by atoms with Gasteiger partial charge in [0, 0.05) is 11.5 Å². The number of hydroxylamine groups is 2. The molecule has 6 atom stereocenters. The number of allylic oxidation sites excluding steroid dienone is 2. The molecule has 4 amide bonds. The minimum atomic E-state index is -2.91. The Hall–Kier alpha value is -3.62. The molecule has 16 heteroatoms. The van der Waals surface area contributed by atoms with Crippen LogP contribution >= 0.6 is 23.2 Å². The van der Waals surface area contributed by atoms with Crippen molar-refractivity contribution in [3.8, 4) is 5.75 Å². The van der Waals surface area contributed by atoms with E-state index in [1.54, 1.807) is 0 Å².